The molecule has 35 heavy (non-hydrogen) atoms. The Morgan fingerprint density at radius 1 is 1.17 bits per heavy atom. The van der Waals surface area contributed by atoms with Gasteiger partial charge in [0.1, 0.15) is 23.9 Å². The number of ether oxygens (including phenoxy) is 2. The van der Waals surface area contributed by atoms with Crippen LogP contribution in [0.15, 0.2) is 54.6 Å². The average molecular weight is 476 g/mol. The van der Waals surface area contributed by atoms with Crippen molar-refractivity contribution in [2.75, 3.05) is 13.7 Å². The topological polar surface area (TPSA) is 94.8 Å². The van der Waals surface area contributed by atoms with Crippen LogP contribution in [0, 0.1) is 12.8 Å². The van der Waals surface area contributed by atoms with Gasteiger partial charge in [0.2, 0.25) is 5.91 Å². The van der Waals surface area contributed by atoms with E-state index >= 15 is 0 Å². The highest BCUT2D eigenvalue weighted by atomic mass is 16.5. The van der Waals surface area contributed by atoms with Gasteiger partial charge >= 0.3 is 5.97 Å². The first kappa shape index (κ1) is 24.7. The van der Waals surface area contributed by atoms with Gasteiger partial charge in [0.05, 0.1) is 12.6 Å². The van der Waals surface area contributed by atoms with Gasteiger partial charge in [-0.25, -0.2) is 4.79 Å². The Kier molecular flexibility index (Phi) is 7.08. The molecular formula is C28H33N3O4. The monoisotopic (exact) mass is 475 g/mol. The molecule has 2 heterocycles. The summed E-state index contributed by atoms with van der Waals surface area (Å²) >= 11 is 0. The van der Waals surface area contributed by atoms with E-state index in [9.17, 15) is 9.59 Å². The molecule has 2 atom stereocenters. The second-order valence-electron chi connectivity index (χ2n) is 9.64. The summed E-state index contributed by atoms with van der Waals surface area (Å²) in [6.45, 7) is 6.81. The van der Waals surface area contributed by atoms with E-state index in [4.69, 9.17) is 15.2 Å². The largest absolute Gasteiger partial charge is 0.489 e. The minimum Gasteiger partial charge on any atom is -0.489 e. The van der Waals surface area contributed by atoms with Gasteiger partial charge in [-0.2, -0.15) is 0 Å². The quantitative estimate of drug-likeness (QED) is 0.493. The Bertz CT molecular complexity index is 1220. The van der Waals surface area contributed by atoms with Gasteiger partial charge in [0, 0.05) is 23.2 Å². The number of rotatable bonds is 8. The van der Waals surface area contributed by atoms with Crippen LogP contribution < -0.4 is 10.5 Å². The smallest absolute Gasteiger partial charge is 0.328 e. The second-order valence-corrected chi connectivity index (χ2v) is 9.64. The van der Waals surface area contributed by atoms with Crippen molar-refractivity contribution in [2.24, 2.45) is 11.7 Å². The van der Waals surface area contributed by atoms with Gasteiger partial charge in [0.15, 0.2) is 0 Å². The molecule has 1 aliphatic rings. The van der Waals surface area contributed by atoms with Gasteiger partial charge in [-0.3, -0.25) is 9.78 Å². The summed E-state index contributed by atoms with van der Waals surface area (Å²) < 4.78 is 11.0. The number of esters is 1. The average Bonchev–Trinajstić information content (AvgIpc) is 3.15. The lowest BCUT2D eigenvalue weighted by atomic mass is 9.89. The molecule has 0 spiro atoms. The fraction of sp³-hybridized carbons (Fsp3) is 0.393. The summed E-state index contributed by atoms with van der Waals surface area (Å²) in [6, 6.07) is 16.8. The highest BCUT2D eigenvalue weighted by Gasteiger charge is 2.48. The van der Waals surface area contributed by atoms with Crippen LogP contribution in [0.4, 0.5) is 0 Å². The second kappa shape index (κ2) is 10.0. The van der Waals surface area contributed by atoms with Gasteiger partial charge in [-0.05, 0) is 55.5 Å². The number of fused-ring (bicyclic) bond motifs is 1. The van der Waals surface area contributed by atoms with Crippen LogP contribution in [-0.2, 0) is 26.5 Å². The molecule has 7 heteroatoms. The maximum Gasteiger partial charge on any atom is 0.328 e. The zero-order valence-corrected chi connectivity index (χ0v) is 20.8. The number of nitrogens with zero attached hydrogens (tertiary/aromatic N) is 2. The Morgan fingerprint density at radius 2 is 1.89 bits per heavy atom. The maximum atomic E-state index is 13.4. The lowest BCUT2D eigenvalue weighted by molar-refractivity contribution is -0.153. The molecular weight excluding hydrogens is 442 g/mol. The highest BCUT2D eigenvalue weighted by Crippen LogP contribution is 2.34. The molecule has 1 fully saturated rings. The number of aryl methyl sites for hydroxylation is 1. The Labute approximate surface area is 206 Å². The number of hydrogen-bond acceptors (Lipinski definition) is 6. The van der Waals surface area contributed by atoms with Gasteiger partial charge < -0.3 is 20.1 Å². The molecule has 1 saturated heterocycles. The van der Waals surface area contributed by atoms with E-state index < -0.39 is 17.6 Å². The number of hydrogen-bond donors (Lipinski definition) is 1. The number of pyridine rings is 1. The number of likely N-dealkylation sites (tertiary alicyclic amines) is 1. The van der Waals surface area contributed by atoms with Crippen molar-refractivity contribution in [3.63, 3.8) is 0 Å². The number of para-hydroxylation sites is 1. The summed E-state index contributed by atoms with van der Waals surface area (Å²) in [5.41, 5.74) is 9.10. The van der Waals surface area contributed by atoms with Crippen LogP contribution in [-0.4, -0.2) is 41.5 Å². The molecule has 184 valence electrons. The molecule has 2 N–H and O–H groups in total. The third-order valence-electron chi connectivity index (χ3n) is 6.63. The minimum absolute atomic E-state index is 0.234. The standard InChI is InChI=1S/C28H33N3O4/c1-18(2)15-25(26(32)34-4)31-14-13-28(29,27(31)33)21-9-11-22(12-10-21)35-17-20-16-19(3)30-24-8-6-5-7-23(20)24/h5-12,16,18,25H,13-15,17,29H2,1-4H3. The molecule has 0 aliphatic carbocycles. The lowest BCUT2D eigenvalue weighted by Gasteiger charge is -2.29. The highest BCUT2D eigenvalue weighted by molar-refractivity contribution is 5.93. The zero-order valence-electron chi connectivity index (χ0n) is 20.8. The molecule has 1 aromatic heterocycles. The van der Waals surface area contributed by atoms with E-state index in [1.54, 1.807) is 4.90 Å². The summed E-state index contributed by atoms with van der Waals surface area (Å²) in [6.07, 6.45) is 0.963. The van der Waals surface area contributed by atoms with E-state index in [1.807, 2.05) is 75.4 Å². The van der Waals surface area contributed by atoms with Crippen LogP contribution in [0.1, 0.15) is 43.5 Å². The summed E-state index contributed by atoms with van der Waals surface area (Å²) in [4.78, 5) is 31.9. The van der Waals surface area contributed by atoms with Crippen molar-refractivity contribution >= 4 is 22.8 Å². The van der Waals surface area contributed by atoms with Crippen molar-refractivity contribution in [1.82, 2.24) is 9.88 Å². The lowest BCUT2D eigenvalue weighted by Crippen LogP contribution is -2.50. The Balaban J connectivity index is 1.49. The van der Waals surface area contributed by atoms with E-state index in [2.05, 4.69) is 4.98 Å². The number of benzene rings is 2. The molecule has 4 rings (SSSR count). The first-order valence-electron chi connectivity index (χ1n) is 12.0. The molecule has 7 nitrogen and oxygen atoms in total. The number of nitrogens with two attached hydrogens (primary N) is 1. The van der Waals surface area contributed by atoms with E-state index in [0.717, 1.165) is 22.2 Å². The van der Waals surface area contributed by atoms with Crippen LogP contribution in [0.3, 0.4) is 0 Å². The summed E-state index contributed by atoms with van der Waals surface area (Å²) in [7, 11) is 1.35. The Morgan fingerprint density at radius 3 is 2.57 bits per heavy atom. The van der Waals surface area contributed by atoms with Crippen LogP contribution in [0.2, 0.25) is 0 Å². The van der Waals surface area contributed by atoms with Gasteiger partial charge in [-0.1, -0.05) is 44.2 Å². The van der Waals surface area contributed by atoms with Crippen molar-refractivity contribution in [2.45, 2.75) is 51.8 Å². The maximum absolute atomic E-state index is 13.4. The number of methoxy groups -OCH3 is 1. The van der Waals surface area contributed by atoms with Crippen LogP contribution >= 0.6 is 0 Å². The summed E-state index contributed by atoms with van der Waals surface area (Å²) in [5, 5.41) is 1.06. The van der Waals surface area contributed by atoms with Crippen molar-refractivity contribution in [3.8, 4) is 5.75 Å². The predicted molar refractivity (Wildman–Crippen MR) is 135 cm³/mol. The molecule has 3 aromatic rings. The number of carbonyl (C=O) groups is 2. The van der Waals surface area contributed by atoms with E-state index in [-0.39, 0.29) is 11.8 Å². The molecule has 2 unspecified atom stereocenters. The van der Waals surface area contributed by atoms with Crippen LogP contribution in [0.25, 0.3) is 10.9 Å². The first-order valence-corrected chi connectivity index (χ1v) is 12.0. The minimum atomic E-state index is -1.18. The molecule has 0 bridgehead atoms. The van der Waals surface area contributed by atoms with Crippen molar-refractivity contribution in [3.05, 3.63) is 71.4 Å². The summed E-state index contributed by atoms with van der Waals surface area (Å²) in [5.74, 6) is 0.266. The van der Waals surface area contributed by atoms with E-state index in [1.165, 1.54) is 7.11 Å². The number of amides is 1. The molecule has 2 aromatic carbocycles. The van der Waals surface area contributed by atoms with E-state index in [0.29, 0.717) is 37.3 Å². The van der Waals surface area contributed by atoms with Gasteiger partial charge in [-0.15, -0.1) is 0 Å². The number of carbonyl (C=O) groups excluding carboxylic acids is 2. The van der Waals surface area contributed by atoms with Crippen LogP contribution in [0.5, 0.6) is 5.75 Å². The molecule has 1 aliphatic heterocycles. The third kappa shape index (κ3) is 5.00. The fourth-order valence-electron chi connectivity index (χ4n) is 4.78. The molecule has 1 amide bonds. The third-order valence-corrected chi connectivity index (χ3v) is 6.63. The Hall–Kier alpha value is -3.45. The zero-order chi connectivity index (χ0) is 25.2. The van der Waals surface area contributed by atoms with Crippen molar-refractivity contribution < 1.29 is 19.1 Å². The fourth-order valence-corrected chi connectivity index (χ4v) is 4.78. The predicted octanol–water partition coefficient (Wildman–Crippen LogP) is 4.10. The normalized spacial score (nSPS) is 18.8. The first-order chi connectivity index (χ1) is 16.7. The molecule has 0 radical (unpaired) electrons. The number of aromatic nitrogens is 1. The molecule has 0 saturated carbocycles. The van der Waals surface area contributed by atoms with Gasteiger partial charge in [0.25, 0.3) is 0 Å². The van der Waals surface area contributed by atoms with Crippen molar-refractivity contribution in [1.29, 1.82) is 0 Å². The SMILES string of the molecule is COC(=O)C(CC(C)C)N1CCC(N)(c2ccc(OCc3cc(C)nc4ccccc34)cc2)C1=O.